The second-order valence-corrected chi connectivity index (χ2v) is 11.3. The fraction of sp³-hybridized carbons (Fsp3) is 0.216. The summed E-state index contributed by atoms with van der Waals surface area (Å²) in [4.78, 5) is 29.5. The third-order valence-electron chi connectivity index (χ3n) is 8.18. The van der Waals surface area contributed by atoms with Crippen LogP contribution in [0.3, 0.4) is 0 Å². The van der Waals surface area contributed by atoms with E-state index in [0.29, 0.717) is 5.56 Å². The third kappa shape index (κ3) is 6.35. The summed E-state index contributed by atoms with van der Waals surface area (Å²) in [6.45, 7) is 4.15. The van der Waals surface area contributed by atoms with Gasteiger partial charge in [-0.15, -0.1) is 0 Å². The molecule has 1 aliphatic heterocycles. The molecule has 1 saturated heterocycles. The standard InChI is InChI=1S/C37H35N3O5/c1-25-13-17-29(18-14-25)37(28-11-7-4-8-12-28,30-19-15-26(2)16-20-30)44-24-32-31(41)23-34(45-32)40-22-21-33(39-36(40)43)38-35(42)27-9-5-3-6-10-27/h3-22,31-32,34,41H,23-24H2,1-2H3,(H,38,39,42,43)/t31-,32+,34+/m0/s1. The van der Waals surface area contributed by atoms with Gasteiger partial charge >= 0.3 is 5.69 Å². The van der Waals surface area contributed by atoms with Crippen LogP contribution in [-0.4, -0.2) is 39.4 Å². The molecule has 4 aromatic carbocycles. The number of amides is 1. The Morgan fingerprint density at radius 2 is 1.42 bits per heavy atom. The maximum atomic E-state index is 13.0. The van der Waals surface area contributed by atoms with E-state index >= 15 is 0 Å². The van der Waals surface area contributed by atoms with Crippen molar-refractivity contribution < 1.29 is 19.4 Å². The van der Waals surface area contributed by atoms with Gasteiger partial charge in [0.05, 0.1) is 12.7 Å². The Balaban J connectivity index is 1.25. The smallest absolute Gasteiger partial charge is 0.351 e. The van der Waals surface area contributed by atoms with Gasteiger partial charge in [-0.1, -0.05) is 108 Å². The zero-order chi connectivity index (χ0) is 31.4. The van der Waals surface area contributed by atoms with E-state index in [2.05, 4.69) is 58.8 Å². The molecule has 0 unspecified atom stereocenters. The van der Waals surface area contributed by atoms with Gasteiger partial charge in [-0.2, -0.15) is 4.98 Å². The van der Waals surface area contributed by atoms with Crippen molar-refractivity contribution in [2.24, 2.45) is 0 Å². The molecule has 0 aliphatic carbocycles. The minimum Gasteiger partial charge on any atom is -0.390 e. The number of aliphatic hydroxyl groups excluding tert-OH is 1. The highest BCUT2D eigenvalue weighted by Crippen LogP contribution is 2.42. The third-order valence-corrected chi connectivity index (χ3v) is 8.18. The van der Waals surface area contributed by atoms with E-state index in [0.717, 1.165) is 27.8 Å². The number of hydrogen-bond donors (Lipinski definition) is 2. The number of aromatic nitrogens is 2. The van der Waals surface area contributed by atoms with Crippen LogP contribution in [0, 0.1) is 13.8 Å². The largest absolute Gasteiger partial charge is 0.390 e. The number of aryl methyl sites for hydroxylation is 2. The van der Waals surface area contributed by atoms with Crippen LogP contribution >= 0.6 is 0 Å². The van der Waals surface area contributed by atoms with Crippen LogP contribution in [0.15, 0.2) is 126 Å². The molecule has 1 fully saturated rings. The van der Waals surface area contributed by atoms with E-state index in [1.807, 2.05) is 50.2 Å². The molecular formula is C37H35N3O5. The zero-order valence-corrected chi connectivity index (χ0v) is 25.2. The number of anilines is 1. The molecule has 45 heavy (non-hydrogen) atoms. The average Bonchev–Trinajstić information content (AvgIpc) is 3.43. The molecule has 8 heteroatoms. The lowest BCUT2D eigenvalue weighted by Gasteiger charge is -2.37. The maximum absolute atomic E-state index is 13.0. The fourth-order valence-electron chi connectivity index (χ4n) is 5.72. The second-order valence-electron chi connectivity index (χ2n) is 11.3. The predicted molar refractivity (Wildman–Crippen MR) is 172 cm³/mol. The summed E-state index contributed by atoms with van der Waals surface area (Å²) in [6.07, 6.45) is -0.651. The first-order chi connectivity index (χ1) is 21.8. The molecule has 8 nitrogen and oxygen atoms in total. The highest BCUT2D eigenvalue weighted by molar-refractivity contribution is 6.03. The minimum absolute atomic E-state index is 0.0573. The van der Waals surface area contributed by atoms with Gasteiger partial charge in [-0.05, 0) is 48.7 Å². The molecule has 2 N–H and O–H groups in total. The maximum Gasteiger partial charge on any atom is 0.351 e. The summed E-state index contributed by atoms with van der Waals surface area (Å²) >= 11 is 0. The Morgan fingerprint density at radius 1 is 0.867 bits per heavy atom. The van der Waals surface area contributed by atoms with Gasteiger partial charge in [0.15, 0.2) is 0 Å². The van der Waals surface area contributed by atoms with Crippen molar-refractivity contribution in [3.05, 3.63) is 165 Å². The van der Waals surface area contributed by atoms with E-state index < -0.39 is 29.7 Å². The average molecular weight is 602 g/mol. The van der Waals surface area contributed by atoms with Crippen molar-refractivity contribution in [1.29, 1.82) is 0 Å². The van der Waals surface area contributed by atoms with Crippen LogP contribution in [0.1, 0.15) is 50.8 Å². The van der Waals surface area contributed by atoms with Crippen molar-refractivity contribution in [1.82, 2.24) is 9.55 Å². The summed E-state index contributed by atoms with van der Waals surface area (Å²) in [7, 11) is 0. The fourth-order valence-corrected chi connectivity index (χ4v) is 5.72. The number of benzene rings is 4. The van der Waals surface area contributed by atoms with Crippen LogP contribution < -0.4 is 11.0 Å². The molecule has 0 saturated carbocycles. The Hall–Kier alpha value is -4.89. The number of rotatable bonds is 9. The first-order valence-electron chi connectivity index (χ1n) is 15.0. The summed E-state index contributed by atoms with van der Waals surface area (Å²) < 4.78 is 14.5. The van der Waals surface area contributed by atoms with Crippen LogP contribution in [-0.2, 0) is 15.1 Å². The van der Waals surface area contributed by atoms with Crippen LogP contribution in [0.2, 0.25) is 0 Å². The molecule has 6 rings (SSSR count). The molecule has 1 amide bonds. The lowest BCUT2D eigenvalue weighted by Crippen LogP contribution is -2.38. The molecule has 2 heterocycles. The highest BCUT2D eigenvalue weighted by atomic mass is 16.6. The van der Waals surface area contributed by atoms with Gasteiger partial charge in [0.2, 0.25) is 0 Å². The first-order valence-corrected chi connectivity index (χ1v) is 15.0. The number of carbonyl (C=O) groups excluding carboxylic acids is 1. The predicted octanol–water partition coefficient (Wildman–Crippen LogP) is 5.77. The molecule has 0 radical (unpaired) electrons. The van der Waals surface area contributed by atoms with Crippen molar-refractivity contribution in [2.45, 2.75) is 44.3 Å². The molecule has 5 aromatic rings. The van der Waals surface area contributed by atoms with E-state index in [1.54, 1.807) is 24.3 Å². The van der Waals surface area contributed by atoms with Crippen molar-refractivity contribution in [3.8, 4) is 0 Å². The van der Waals surface area contributed by atoms with E-state index in [1.165, 1.54) is 16.8 Å². The lowest BCUT2D eigenvalue weighted by atomic mass is 9.79. The number of aliphatic hydroxyl groups is 1. The van der Waals surface area contributed by atoms with Crippen molar-refractivity contribution >= 4 is 11.7 Å². The van der Waals surface area contributed by atoms with E-state index in [-0.39, 0.29) is 24.8 Å². The summed E-state index contributed by atoms with van der Waals surface area (Å²) in [6, 6.07) is 36.8. The molecule has 1 aromatic heterocycles. The normalized spacial score (nSPS) is 18.1. The van der Waals surface area contributed by atoms with E-state index in [9.17, 15) is 14.7 Å². The van der Waals surface area contributed by atoms with Gasteiger partial charge in [0, 0.05) is 18.2 Å². The van der Waals surface area contributed by atoms with Gasteiger partial charge < -0.3 is 19.9 Å². The molecule has 0 spiro atoms. The number of ether oxygens (including phenoxy) is 2. The van der Waals surface area contributed by atoms with Crippen LogP contribution in [0.4, 0.5) is 5.82 Å². The molecule has 1 aliphatic rings. The monoisotopic (exact) mass is 601 g/mol. The Labute approximate surface area is 261 Å². The number of nitrogens with zero attached hydrogens (tertiary/aromatic N) is 2. The van der Waals surface area contributed by atoms with Gasteiger partial charge in [0.25, 0.3) is 5.91 Å². The van der Waals surface area contributed by atoms with E-state index in [4.69, 9.17) is 9.47 Å². The zero-order valence-electron chi connectivity index (χ0n) is 25.2. The molecule has 0 bridgehead atoms. The van der Waals surface area contributed by atoms with Gasteiger partial charge in [-0.3, -0.25) is 9.36 Å². The highest BCUT2D eigenvalue weighted by Gasteiger charge is 2.42. The molecular weight excluding hydrogens is 566 g/mol. The summed E-state index contributed by atoms with van der Waals surface area (Å²) in [5.74, 6) is -0.235. The summed E-state index contributed by atoms with van der Waals surface area (Å²) in [5.41, 5.74) is 3.96. The Morgan fingerprint density at radius 3 is 2.00 bits per heavy atom. The molecule has 228 valence electrons. The number of hydrogen-bond acceptors (Lipinski definition) is 6. The SMILES string of the molecule is Cc1ccc(C(OC[C@H]2O[C@@H](n3ccc(NC(=O)c4ccccc4)nc3=O)C[C@@H]2O)(c2ccccc2)c2ccc(C)cc2)cc1. The van der Waals surface area contributed by atoms with Crippen LogP contribution in [0.25, 0.3) is 0 Å². The number of nitrogens with one attached hydrogen (secondary N) is 1. The first kappa shape index (κ1) is 30.1. The second kappa shape index (κ2) is 13.0. The molecule has 3 atom stereocenters. The van der Waals surface area contributed by atoms with Crippen molar-refractivity contribution in [3.63, 3.8) is 0 Å². The minimum atomic E-state index is -0.985. The number of carbonyl (C=O) groups is 1. The Kier molecular flexibility index (Phi) is 8.71. The summed E-state index contributed by atoms with van der Waals surface area (Å²) in [5, 5.41) is 13.7. The van der Waals surface area contributed by atoms with Gasteiger partial charge in [-0.25, -0.2) is 4.79 Å². The van der Waals surface area contributed by atoms with Crippen molar-refractivity contribution in [2.75, 3.05) is 11.9 Å². The lowest BCUT2D eigenvalue weighted by molar-refractivity contribution is -0.0943. The quantitative estimate of drug-likeness (QED) is 0.208. The topological polar surface area (TPSA) is 103 Å². The Bertz CT molecular complexity index is 1760. The van der Waals surface area contributed by atoms with Gasteiger partial charge in [0.1, 0.15) is 23.8 Å². The van der Waals surface area contributed by atoms with Crippen LogP contribution in [0.5, 0.6) is 0 Å².